The van der Waals surface area contributed by atoms with Gasteiger partial charge in [0.1, 0.15) is 0 Å². The Morgan fingerprint density at radius 2 is 0.463 bits per heavy atom. The first-order chi connectivity index (χ1) is 19.5. The van der Waals surface area contributed by atoms with Gasteiger partial charge in [-0.25, -0.2) is 0 Å². The quantitative estimate of drug-likeness (QED) is 0.0599. The van der Waals surface area contributed by atoms with Gasteiger partial charge in [0.05, 0.1) is 0 Å². The second-order valence-corrected chi connectivity index (χ2v) is 12.2. The number of rotatable bonds is 32. The molecular formula is C36H72AlO4. The lowest BCUT2D eigenvalue weighted by Crippen LogP contribution is -1.93. The lowest BCUT2D eigenvalue weighted by Gasteiger charge is -2.03. The predicted octanol–water partition coefficient (Wildman–Crippen LogP) is 12.3. The second-order valence-electron chi connectivity index (χ2n) is 12.2. The largest absolute Gasteiger partial charge is 0.481 e. The first kappa shape index (κ1) is 44.9. The molecule has 0 aliphatic carbocycles. The van der Waals surface area contributed by atoms with Gasteiger partial charge < -0.3 is 10.2 Å². The zero-order chi connectivity index (χ0) is 29.8. The predicted molar refractivity (Wildman–Crippen MR) is 180 cm³/mol. The van der Waals surface area contributed by atoms with Crippen LogP contribution in [0.3, 0.4) is 0 Å². The minimum absolute atomic E-state index is 0. The zero-order valence-corrected chi connectivity index (χ0v) is 29.1. The highest BCUT2D eigenvalue weighted by atomic mass is 27.0. The van der Waals surface area contributed by atoms with E-state index in [1.807, 2.05) is 0 Å². The van der Waals surface area contributed by atoms with Crippen molar-refractivity contribution in [2.24, 2.45) is 0 Å². The maximum atomic E-state index is 10.3. The Kier molecular flexibility index (Phi) is 45.6. The van der Waals surface area contributed by atoms with Gasteiger partial charge in [-0.2, -0.15) is 0 Å². The van der Waals surface area contributed by atoms with Crippen LogP contribution in [0.2, 0.25) is 0 Å². The van der Waals surface area contributed by atoms with Gasteiger partial charge in [0.2, 0.25) is 0 Å². The zero-order valence-electron chi connectivity index (χ0n) is 27.9. The Morgan fingerprint density at radius 3 is 0.610 bits per heavy atom. The molecule has 4 nitrogen and oxygen atoms in total. The van der Waals surface area contributed by atoms with E-state index in [2.05, 4.69) is 13.8 Å². The molecule has 2 N–H and O–H groups in total. The molecule has 0 spiro atoms. The van der Waals surface area contributed by atoms with E-state index in [4.69, 9.17) is 10.2 Å². The maximum absolute atomic E-state index is 10.3. The van der Waals surface area contributed by atoms with Crippen molar-refractivity contribution in [1.29, 1.82) is 0 Å². The van der Waals surface area contributed by atoms with Gasteiger partial charge >= 0.3 is 11.9 Å². The van der Waals surface area contributed by atoms with Gasteiger partial charge in [-0.1, -0.05) is 194 Å². The van der Waals surface area contributed by atoms with Crippen LogP contribution in [-0.2, 0) is 9.59 Å². The molecule has 0 aliphatic rings. The molecule has 3 radical (unpaired) electrons. The smallest absolute Gasteiger partial charge is 0.303 e. The Morgan fingerprint density at radius 1 is 0.317 bits per heavy atom. The normalized spacial score (nSPS) is 10.6. The fourth-order valence-electron chi connectivity index (χ4n) is 5.30. The SMILES string of the molecule is CCCCCCCCCCCCCCCCCC(=O)O.CCCCCCCCCCCCCCCCCC(=O)O.[Al]. The van der Waals surface area contributed by atoms with Crippen LogP contribution in [0.15, 0.2) is 0 Å². The molecule has 0 rings (SSSR count). The average Bonchev–Trinajstić information content (AvgIpc) is 2.93. The lowest BCUT2D eigenvalue weighted by atomic mass is 10.0. The van der Waals surface area contributed by atoms with Gasteiger partial charge in [-0.3, -0.25) is 9.59 Å². The molecule has 41 heavy (non-hydrogen) atoms. The van der Waals surface area contributed by atoms with Crippen LogP contribution in [0, 0.1) is 0 Å². The van der Waals surface area contributed by atoms with Crippen LogP contribution in [-0.4, -0.2) is 39.5 Å². The first-order valence-electron chi connectivity index (χ1n) is 18.0. The van der Waals surface area contributed by atoms with Crippen molar-refractivity contribution < 1.29 is 19.8 Å². The van der Waals surface area contributed by atoms with Crippen LogP contribution in [0.1, 0.15) is 219 Å². The van der Waals surface area contributed by atoms with Crippen LogP contribution >= 0.6 is 0 Å². The summed E-state index contributed by atoms with van der Waals surface area (Å²) in [5.74, 6) is -1.31. The molecule has 0 unspecified atom stereocenters. The van der Waals surface area contributed by atoms with E-state index < -0.39 is 11.9 Å². The number of carboxylic acid groups (broad SMARTS) is 2. The van der Waals surface area contributed by atoms with E-state index >= 15 is 0 Å². The molecule has 0 aromatic rings. The van der Waals surface area contributed by atoms with Gasteiger partial charge in [-0.15, -0.1) is 0 Å². The van der Waals surface area contributed by atoms with Crippen molar-refractivity contribution in [1.82, 2.24) is 0 Å². The maximum Gasteiger partial charge on any atom is 0.303 e. The van der Waals surface area contributed by atoms with Crippen LogP contribution in [0.5, 0.6) is 0 Å². The Hall–Kier alpha value is -0.528. The van der Waals surface area contributed by atoms with Crippen molar-refractivity contribution in [2.45, 2.75) is 219 Å². The van der Waals surface area contributed by atoms with Crippen molar-refractivity contribution >= 4 is 29.3 Å². The minimum atomic E-state index is -0.653. The van der Waals surface area contributed by atoms with E-state index in [9.17, 15) is 9.59 Å². The van der Waals surface area contributed by atoms with Crippen molar-refractivity contribution in [2.75, 3.05) is 0 Å². The number of carboxylic acids is 2. The Labute approximate surface area is 267 Å². The molecule has 0 fully saturated rings. The first-order valence-corrected chi connectivity index (χ1v) is 18.0. The van der Waals surface area contributed by atoms with Crippen molar-refractivity contribution in [3.63, 3.8) is 0 Å². The van der Waals surface area contributed by atoms with Crippen molar-refractivity contribution in [3.8, 4) is 0 Å². The van der Waals surface area contributed by atoms with Crippen LogP contribution < -0.4 is 0 Å². The third-order valence-electron chi connectivity index (χ3n) is 7.99. The highest BCUT2D eigenvalue weighted by Gasteiger charge is 1.98. The Balaban J connectivity index is -0.000000688. The lowest BCUT2D eigenvalue weighted by molar-refractivity contribution is -0.138. The van der Waals surface area contributed by atoms with Gasteiger partial charge in [-0.05, 0) is 12.8 Å². The Bertz CT molecular complexity index is 454. The molecule has 5 heteroatoms. The molecule has 0 saturated carbocycles. The monoisotopic (exact) mass is 596 g/mol. The molecule has 0 bridgehead atoms. The third-order valence-corrected chi connectivity index (χ3v) is 7.99. The van der Waals surface area contributed by atoms with E-state index in [-0.39, 0.29) is 17.4 Å². The molecule has 0 aromatic carbocycles. The molecule has 0 aliphatic heterocycles. The summed E-state index contributed by atoms with van der Waals surface area (Å²) in [6, 6.07) is 0. The summed E-state index contributed by atoms with van der Waals surface area (Å²) in [6.07, 6.45) is 40.4. The number of carbonyl (C=O) groups is 2. The third kappa shape index (κ3) is 49.5. The summed E-state index contributed by atoms with van der Waals surface area (Å²) >= 11 is 0. The van der Waals surface area contributed by atoms with E-state index in [0.717, 1.165) is 25.7 Å². The standard InChI is InChI=1S/2C18H36O2.Al/c2*1-2-3-4-5-6-7-8-9-10-11-12-13-14-15-16-17-18(19)20;/h2*2-17H2,1H3,(H,19,20);. The van der Waals surface area contributed by atoms with Gasteiger partial charge in [0.15, 0.2) is 0 Å². The number of hydrogen-bond donors (Lipinski definition) is 2. The fourth-order valence-corrected chi connectivity index (χ4v) is 5.30. The van der Waals surface area contributed by atoms with Gasteiger partial charge in [0.25, 0.3) is 0 Å². The van der Waals surface area contributed by atoms with E-state index in [0.29, 0.717) is 12.8 Å². The molecule has 243 valence electrons. The molecule has 0 aromatic heterocycles. The van der Waals surface area contributed by atoms with Crippen LogP contribution in [0.25, 0.3) is 0 Å². The molecular weight excluding hydrogens is 523 g/mol. The molecule has 0 atom stereocenters. The number of aliphatic carboxylic acids is 2. The summed E-state index contributed by atoms with van der Waals surface area (Å²) in [6.45, 7) is 4.54. The average molecular weight is 596 g/mol. The minimum Gasteiger partial charge on any atom is -0.481 e. The number of unbranched alkanes of at least 4 members (excludes halogenated alkanes) is 28. The summed E-state index contributed by atoms with van der Waals surface area (Å²) < 4.78 is 0. The summed E-state index contributed by atoms with van der Waals surface area (Å²) in [5.41, 5.74) is 0. The van der Waals surface area contributed by atoms with Crippen LogP contribution in [0.4, 0.5) is 0 Å². The summed E-state index contributed by atoms with van der Waals surface area (Å²) in [5, 5.41) is 17.0. The highest BCUT2D eigenvalue weighted by Crippen LogP contribution is 2.15. The topological polar surface area (TPSA) is 74.6 Å². The number of hydrogen-bond acceptors (Lipinski definition) is 2. The molecule has 0 saturated heterocycles. The van der Waals surface area contributed by atoms with E-state index in [1.165, 1.54) is 167 Å². The highest BCUT2D eigenvalue weighted by molar-refractivity contribution is 5.75. The van der Waals surface area contributed by atoms with E-state index in [1.54, 1.807) is 0 Å². The van der Waals surface area contributed by atoms with Gasteiger partial charge in [0, 0.05) is 30.2 Å². The fraction of sp³-hybridized carbons (Fsp3) is 0.944. The molecule has 0 heterocycles. The molecule has 0 amide bonds. The summed E-state index contributed by atoms with van der Waals surface area (Å²) in [4.78, 5) is 20.7. The van der Waals surface area contributed by atoms with Crippen molar-refractivity contribution in [3.05, 3.63) is 0 Å². The second kappa shape index (κ2) is 41.6. The summed E-state index contributed by atoms with van der Waals surface area (Å²) in [7, 11) is 0.